The Morgan fingerprint density at radius 3 is 2.86 bits per heavy atom. The number of nitro groups is 1. The van der Waals surface area contributed by atoms with Gasteiger partial charge >= 0.3 is 5.97 Å². The molecule has 0 unspecified atom stereocenters. The Hall–Kier alpha value is -2.41. The summed E-state index contributed by atoms with van der Waals surface area (Å²) in [7, 11) is 1.27. The molecule has 0 bridgehead atoms. The number of thiophene rings is 1. The minimum absolute atomic E-state index is 0.0613. The number of methoxy groups -OCH3 is 1. The fourth-order valence-corrected chi connectivity index (χ4v) is 2.57. The van der Waals surface area contributed by atoms with Gasteiger partial charge in [0.25, 0.3) is 5.69 Å². The van der Waals surface area contributed by atoms with Gasteiger partial charge in [-0.3, -0.25) is 10.1 Å². The molecule has 110 valence electrons. The number of rotatable bonds is 6. The zero-order valence-corrected chi connectivity index (χ0v) is 12.2. The normalized spacial score (nSPS) is 10.1. The van der Waals surface area contributed by atoms with Crippen LogP contribution in [0.1, 0.15) is 15.2 Å². The molecule has 0 amide bonds. The molecular weight excluding hydrogens is 292 g/mol. The van der Waals surface area contributed by atoms with E-state index in [1.807, 2.05) is 17.5 Å². The minimum Gasteiger partial charge on any atom is -0.465 e. The van der Waals surface area contributed by atoms with Gasteiger partial charge in [-0.25, -0.2) is 4.79 Å². The molecule has 21 heavy (non-hydrogen) atoms. The van der Waals surface area contributed by atoms with Crippen molar-refractivity contribution in [1.82, 2.24) is 0 Å². The van der Waals surface area contributed by atoms with Crippen LogP contribution >= 0.6 is 11.3 Å². The van der Waals surface area contributed by atoms with Gasteiger partial charge in [-0.1, -0.05) is 6.07 Å². The number of anilines is 1. The van der Waals surface area contributed by atoms with Gasteiger partial charge in [0.1, 0.15) is 5.69 Å². The fourth-order valence-electron chi connectivity index (χ4n) is 1.86. The zero-order chi connectivity index (χ0) is 15.2. The molecule has 1 heterocycles. The molecule has 2 aromatic rings. The molecule has 0 radical (unpaired) electrons. The summed E-state index contributed by atoms with van der Waals surface area (Å²) in [5.74, 6) is -0.522. The lowest BCUT2D eigenvalue weighted by molar-refractivity contribution is -0.384. The number of nitro benzene ring substituents is 1. The Balaban J connectivity index is 2.14. The van der Waals surface area contributed by atoms with Crippen LogP contribution in [0.25, 0.3) is 0 Å². The monoisotopic (exact) mass is 306 g/mol. The van der Waals surface area contributed by atoms with Crippen molar-refractivity contribution in [3.63, 3.8) is 0 Å². The Morgan fingerprint density at radius 2 is 2.24 bits per heavy atom. The first kappa shape index (κ1) is 15.0. The first-order chi connectivity index (χ1) is 10.1. The highest BCUT2D eigenvalue weighted by Crippen LogP contribution is 2.26. The zero-order valence-electron chi connectivity index (χ0n) is 11.4. The topological polar surface area (TPSA) is 81.5 Å². The van der Waals surface area contributed by atoms with Crippen molar-refractivity contribution < 1.29 is 14.5 Å². The standard InChI is InChI=1S/C14H14N2O4S/c1-20-14(17)10-4-5-13(16(18)19)12(9-10)15-7-6-11-3-2-8-21-11/h2-5,8-9,15H,6-7H2,1H3. The molecule has 1 aromatic carbocycles. The van der Waals surface area contributed by atoms with Gasteiger partial charge < -0.3 is 10.1 Å². The lowest BCUT2D eigenvalue weighted by Crippen LogP contribution is -2.08. The fraction of sp³-hybridized carbons (Fsp3) is 0.214. The molecule has 0 aliphatic heterocycles. The molecular formula is C14H14N2O4S. The van der Waals surface area contributed by atoms with E-state index in [0.29, 0.717) is 12.2 Å². The van der Waals surface area contributed by atoms with E-state index in [0.717, 1.165) is 6.42 Å². The largest absolute Gasteiger partial charge is 0.465 e. The van der Waals surface area contributed by atoms with Gasteiger partial charge in [-0.15, -0.1) is 11.3 Å². The van der Waals surface area contributed by atoms with Crippen LogP contribution in [0, 0.1) is 10.1 Å². The third kappa shape index (κ3) is 3.79. The second-order valence-electron chi connectivity index (χ2n) is 4.24. The first-order valence-electron chi connectivity index (χ1n) is 6.25. The Bertz CT molecular complexity index is 640. The van der Waals surface area contributed by atoms with Crippen molar-refractivity contribution in [1.29, 1.82) is 0 Å². The number of ether oxygens (including phenoxy) is 1. The Morgan fingerprint density at radius 1 is 1.43 bits per heavy atom. The summed E-state index contributed by atoms with van der Waals surface area (Å²) in [6.45, 7) is 0.548. The molecule has 6 nitrogen and oxygen atoms in total. The van der Waals surface area contributed by atoms with Crippen LogP contribution < -0.4 is 5.32 Å². The maximum atomic E-state index is 11.5. The summed E-state index contributed by atoms with van der Waals surface area (Å²) >= 11 is 1.63. The molecule has 0 atom stereocenters. The van der Waals surface area contributed by atoms with E-state index >= 15 is 0 Å². The molecule has 1 N–H and O–H groups in total. The molecule has 0 aliphatic carbocycles. The smallest absolute Gasteiger partial charge is 0.337 e. The van der Waals surface area contributed by atoms with Gasteiger partial charge in [-0.2, -0.15) is 0 Å². The second kappa shape index (κ2) is 6.85. The summed E-state index contributed by atoms with van der Waals surface area (Å²) in [6.07, 6.45) is 0.761. The highest BCUT2D eigenvalue weighted by Gasteiger charge is 2.16. The number of hydrogen-bond acceptors (Lipinski definition) is 6. The molecule has 0 saturated carbocycles. The number of carbonyl (C=O) groups is 1. The predicted molar refractivity (Wildman–Crippen MR) is 80.9 cm³/mol. The summed E-state index contributed by atoms with van der Waals surface area (Å²) in [6, 6.07) is 8.10. The second-order valence-corrected chi connectivity index (χ2v) is 5.27. The average molecular weight is 306 g/mol. The van der Waals surface area contributed by atoms with Gasteiger partial charge in [0.05, 0.1) is 17.6 Å². The van der Waals surface area contributed by atoms with E-state index in [9.17, 15) is 14.9 Å². The third-order valence-electron chi connectivity index (χ3n) is 2.88. The van der Waals surface area contributed by atoms with Gasteiger partial charge in [0.2, 0.25) is 0 Å². The molecule has 2 rings (SSSR count). The van der Waals surface area contributed by atoms with E-state index in [-0.39, 0.29) is 11.3 Å². The van der Waals surface area contributed by atoms with Crippen LogP contribution in [0.2, 0.25) is 0 Å². The molecule has 7 heteroatoms. The average Bonchev–Trinajstić information content (AvgIpc) is 2.99. The summed E-state index contributed by atoms with van der Waals surface area (Å²) < 4.78 is 4.62. The van der Waals surface area contributed by atoms with Crippen LogP contribution in [0.3, 0.4) is 0 Å². The number of esters is 1. The van der Waals surface area contributed by atoms with E-state index < -0.39 is 10.9 Å². The predicted octanol–water partition coefficient (Wildman–Crippen LogP) is 3.10. The Kier molecular flexibility index (Phi) is 4.89. The third-order valence-corrected chi connectivity index (χ3v) is 3.82. The first-order valence-corrected chi connectivity index (χ1v) is 7.13. The number of nitrogens with zero attached hydrogens (tertiary/aromatic N) is 1. The quantitative estimate of drug-likeness (QED) is 0.504. The van der Waals surface area contributed by atoms with E-state index in [1.165, 1.54) is 30.2 Å². The van der Waals surface area contributed by atoms with Crippen LogP contribution in [-0.2, 0) is 11.2 Å². The van der Waals surface area contributed by atoms with Crippen LogP contribution in [0.5, 0.6) is 0 Å². The lowest BCUT2D eigenvalue weighted by atomic mass is 10.1. The molecule has 0 spiro atoms. The van der Waals surface area contributed by atoms with Crippen molar-refractivity contribution in [2.24, 2.45) is 0 Å². The van der Waals surface area contributed by atoms with Crippen LogP contribution in [-0.4, -0.2) is 24.5 Å². The van der Waals surface area contributed by atoms with Gasteiger partial charge in [0, 0.05) is 17.5 Å². The van der Waals surface area contributed by atoms with Crippen molar-refractivity contribution in [2.45, 2.75) is 6.42 Å². The highest BCUT2D eigenvalue weighted by molar-refractivity contribution is 7.09. The van der Waals surface area contributed by atoms with Gasteiger partial charge in [-0.05, 0) is 30.0 Å². The van der Waals surface area contributed by atoms with Crippen molar-refractivity contribution in [3.8, 4) is 0 Å². The number of benzene rings is 1. The molecule has 0 saturated heterocycles. The van der Waals surface area contributed by atoms with Crippen molar-refractivity contribution in [3.05, 3.63) is 56.3 Å². The molecule has 0 fully saturated rings. The summed E-state index contributed by atoms with van der Waals surface area (Å²) in [5.41, 5.74) is 0.537. The van der Waals surface area contributed by atoms with E-state index in [4.69, 9.17) is 0 Å². The molecule has 1 aromatic heterocycles. The van der Waals surface area contributed by atoms with Crippen LogP contribution in [0.4, 0.5) is 11.4 Å². The Labute approximate surface area is 125 Å². The number of nitrogens with one attached hydrogen (secondary N) is 1. The minimum atomic E-state index is -0.522. The van der Waals surface area contributed by atoms with Crippen molar-refractivity contribution >= 4 is 28.7 Å². The summed E-state index contributed by atoms with van der Waals surface area (Å²) in [5, 5.41) is 16.0. The maximum absolute atomic E-state index is 11.5. The van der Waals surface area contributed by atoms with E-state index in [2.05, 4.69) is 10.1 Å². The maximum Gasteiger partial charge on any atom is 0.337 e. The van der Waals surface area contributed by atoms with E-state index in [1.54, 1.807) is 11.3 Å². The highest BCUT2D eigenvalue weighted by atomic mass is 32.1. The summed E-state index contributed by atoms with van der Waals surface area (Å²) in [4.78, 5) is 23.2. The molecule has 0 aliphatic rings. The van der Waals surface area contributed by atoms with Crippen molar-refractivity contribution in [2.75, 3.05) is 19.0 Å². The SMILES string of the molecule is COC(=O)c1ccc([N+](=O)[O-])c(NCCc2cccs2)c1. The van der Waals surface area contributed by atoms with Crippen LogP contribution in [0.15, 0.2) is 35.7 Å². The lowest BCUT2D eigenvalue weighted by Gasteiger charge is -2.08. The van der Waals surface area contributed by atoms with Gasteiger partial charge in [0.15, 0.2) is 0 Å². The number of carbonyl (C=O) groups excluding carboxylic acids is 1. The number of hydrogen-bond donors (Lipinski definition) is 1.